The summed E-state index contributed by atoms with van der Waals surface area (Å²) in [6, 6.07) is 4.82. The number of hydrogen-bond donors (Lipinski definition) is 1. The lowest BCUT2D eigenvalue weighted by atomic mass is 10.0. The molecule has 0 unspecified atom stereocenters. The highest BCUT2D eigenvalue weighted by molar-refractivity contribution is 9.11. The van der Waals surface area contributed by atoms with Gasteiger partial charge in [0.1, 0.15) is 0 Å². The van der Waals surface area contributed by atoms with Crippen molar-refractivity contribution >= 4 is 33.2 Å². The van der Waals surface area contributed by atoms with Crippen molar-refractivity contribution in [2.45, 2.75) is 38.3 Å². The van der Waals surface area contributed by atoms with Crippen LogP contribution in [0.1, 0.15) is 30.6 Å². The molecule has 0 spiro atoms. The molecule has 0 atom stereocenters. The summed E-state index contributed by atoms with van der Waals surface area (Å²) in [5.41, 5.74) is 0. The van der Waals surface area contributed by atoms with E-state index in [0.29, 0.717) is 17.9 Å². The SMILES string of the molecule is O=C(C1CC1)N1CCC(NCc2ccc(Br)s2)CC1. The van der Waals surface area contributed by atoms with Gasteiger partial charge >= 0.3 is 0 Å². The monoisotopic (exact) mass is 342 g/mol. The van der Waals surface area contributed by atoms with Gasteiger partial charge in [0.15, 0.2) is 0 Å². The molecule has 1 aliphatic heterocycles. The lowest BCUT2D eigenvalue weighted by Crippen LogP contribution is -2.45. The normalized spacial score (nSPS) is 20.8. The van der Waals surface area contributed by atoms with Gasteiger partial charge in [-0.15, -0.1) is 11.3 Å². The molecule has 1 saturated carbocycles. The third-order valence-corrected chi connectivity index (χ3v) is 5.55. The Balaban J connectivity index is 1.41. The summed E-state index contributed by atoms with van der Waals surface area (Å²) < 4.78 is 1.19. The van der Waals surface area contributed by atoms with Crippen LogP contribution in [0.15, 0.2) is 15.9 Å². The summed E-state index contributed by atoms with van der Waals surface area (Å²) in [4.78, 5) is 15.4. The van der Waals surface area contributed by atoms with E-state index >= 15 is 0 Å². The highest BCUT2D eigenvalue weighted by Crippen LogP contribution is 2.32. The molecule has 0 radical (unpaired) electrons. The zero-order valence-corrected chi connectivity index (χ0v) is 13.3. The molecular weight excluding hydrogens is 324 g/mol. The molecule has 1 amide bonds. The molecule has 104 valence electrons. The third kappa shape index (κ3) is 3.58. The summed E-state index contributed by atoms with van der Waals surface area (Å²) in [7, 11) is 0. The zero-order chi connectivity index (χ0) is 13.2. The highest BCUT2D eigenvalue weighted by atomic mass is 79.9. The van der Waals surface area contributed by atoms with Crippen LogP contribution >= 0.6 is 27.3 Å². The smallest absolute Gasteiger partial charge is 0.225 e. The minimum Gasteiger partial charge on any atom is -0.342 e. The van der Waals surface area contributed by atoms with Crippen LogP contribution < -0.4 is 5.32 Å². The third-order valence-electron chi connectivity index (χ3n) is 3.93. The average Bonchev–Trinajstić information content (AvgIpc) is 3.19. The number of hydrogen-bond acceptors (Lipinski definition) is 3. The van der Waals surface area contributed by atoms with Gasteiger partial charge in [-0.05, 0) is 53.7 Å². The van der Waals surface area contributed by atoms with E-state index < -0.39 is 0 Å². The molecule has 1 saturated heterocycles. The first-order chi connectivity index (χ1) is 9.22. The molecule has 0 bridgehead atoms. The molecule has 5 heteroatoms. The summed E-state index contributed by atoms with van der Waals surface area (Å²) >= 11 is 5.27. The van der Waals surface area contributed by atoms with Crippen LogP contribution in [0.2, 0.25) is 0 Å². The van der Waals surface area contributed by atoms with Crippen molar-refractivity contribution in [2.24, 2.45) is 5.92 Å². The van der Waals surface area contributed by atoms with Crippen LogP contribution in [0, 0.1) is 5.92 Å². The molecule has 1 aromatic heterocycles. The Kier molecular flexibility index (Phi) is 4.24. The number of rotatable bonds is 4. The van der Waals surface area contributed by atoms with Crippen molar-refractivity contribution in [1.82, 2.24) is 10.2 Å². The predicted octanol–water partition coefficient (Wildman–Crippen LogP) is 3.00. The summed E-state index contributed by atoms with van der Waals surface area (Å²) in [5.74, 6) is 0.772. The van der Waals surface area contributed by atoms with Gasteiger partial charge in [0.25, 0.3) is 0 Å². The number of piperidine rings is 1. The van der Waals surface area contributed by atoms with Gasteiger partial charge in [0.2, 0.25) is 5.91 Å². The summed E-state index contributed by atoms with van der Waals surface area (Å²) in [6.07, 6.45) is 4.41. The number of thiophene rings is 1. The largest absolute Gasteiger partial charge is 0.342 e. The van der Waals surface area contributed by atoms with E-state index in [9.17, 15) is 4.79 Å². The second-order valence-electron chi connectivity index (χ2n) is 5.46. The number of carbonyl (C=O) groups is 1. The van der Waals surface area contributed by atoms with Crippen LogP contribution in [0.4, 0.5) is 0 Å². The van der Waals surface area contributed by atoms with E-state index in [4.69, 9.17) is 0 Å². The fraction of sp³-hybridized carbons (Fsp3) is 0.643. The van der Waals surface area contributed by atoms with E-state index in [2.05, 4.69) is 38.3 Å². The summed E-state index contributed by atoms with van der Waals surface area (Å²) in [6.45, 7) is 2.81. The van der Waals surface area contributed by atoms with Crippen molar-refractivity contribution in [1.29, 1.82) is 0 Å². The second kappa shape index (κ2) is 5.94. The Morgan fingerprint density at radius 3 is 2.63 bits per heavy atom. The van der Waals surface area contributed by atoms with Gasteiger partial charge < -0.3 is 10.2 Å². The lowest BCUT2D eigenvalue weighted by molar-refractivity contribution is -0.133. The van der Waals surface area contributed by atoms with Gasteiger partial charge in [0, 0.05) is 36.5 Å². The molecule has 2 heterocycles. The van der Waals surface area contributed by atoms with E-state index in [1.54, 1.807) is 11.3 Å². The number of likely N-dealkylation sites (tertiary alicyclic amines) is 1. The first kappa shape index (κ1) is 13.6. The molecule has 2 aliphatic rings. The molecular formula is C14H19BrN2OS. The standard InChI is InChI=1S/C14H19BrN2OS/c15-13-4-3-12(19-13)9-16-11-5-7-17(8-6-11)14(18)10-1-2-10/h3-4,10-11,16H,1-2,5-9H2. The average molecular weight is 343 g/mol. The maximum absolute atomic E-state index is 12.0. The number of nitrogens with zero attached hydrogens (tertiary/aromatic N) is 1. The second-order valence-corrected chi connectivity index (χ2v) is 8.01. The van der Waals surface area contributed by atoms with Gasteiger partial charge in [-0.25, -0.2) is 0 Å². The van der Waals surface area contributed by atoms with Crippen molar-refractivity contribution in [3.8, 4) is 0 Å². The number of nitrogens with one attached hydrogen (secondary N) is 1. The lowest BCUT2D eigenvalue weighted by Gasteiger charge is -2.32. The van der Waals surface area contributed by atoms with Crippen LogP contribution in [-0.4, -0.2) is 29.9 Å². The van der Waals surface area contributed by atoms with E-state index in [1.165, 1.54) is 8.66 Å². The van der Waals surface area contributed by atoms with E-state index in [-0.39, 0.29) is 0 Å². The van der Waals surface area contributed by atoms with E-state index in [1.807, 2.05) is 0 Å². The molecule has 1 aliphatic carbocycles. The Labute approximate surface area is 126 Å². The van der Waals surface area contributed by atoms with Crippen molar-refractivity contribution in [2.75, 3.05) is 13.1 Å². The van der Waals surface area contributed by atoms with Crippen LogP contribution in [0.3, 0.4) is 0 Å². The van der Waals surface area contributed by atoms with Crippen molar-refractivity contribution in [3.63, 3.8) is 0 Å². The van der Waals surface area contributed by atoms with Crippen molar-refractivity contribution in [3.05, 3.63) is 20.8 Å². The summed E-state index contributed by atoms with van der Waals surface area (Å²) in [5, 5.41) is 3.61. The maximum Gasteiger partial charge on any atom is 0.225 e. The molecule has 3 nitrogen and oxygen atoms in total. The van der Waals surface area contributed by atoms with Gasteiger partial charge in [-0.1, -0.05) is 0 Å². The zero-order valence-electron chi connectivity index (χ0n) is 10.9. The number of halogens is 1. The van der Waals surface area contributed by atoms with E-state index in [0.717, 1.165) is 45.3 Å². The minimum absolute atomic E-state index is 0.368. The van der Waals surface area contributed by atoms with Crippen LogP contribution in [-0.2, 0) is 11.3 Å². The minimum atomic E-state index is 0.368. The van der Waals surface area contributed by atoms with Gasteiger partial charge in [0.05, 0.1) is 3.79 Å². The highest BCUT2D eigenvalue weighted by Gasteiger charge is 2.34. The first-order valence-electron chi connectivity index (χ1n) is 6.99. The Morgan fingerprint density at radius 1 is 1.32 bits per heavy atom. The Morgan fingerprint density at radius 2 is 2.05 bits per heavy atom. The Bertz CT molecular complexity index is 450. The fourth-order valence-corrected chi connectivity index (χ4v) is 4.02. The van der Waals surface area contributed by atoms with Crippen LogP contribution in [0.25, 0.3) is 0 Å². The molecule has 19 heavy (non-hydrogen) atoms. The molecule has 3 rings (SSSR count). The van der Waals surface area contributed by atoms with Gasteiger partial charge in [-0.2, -0.15) is 0 Å². The van der Waals surface area contributed by atoms with Crippen LogP contribution in [0.5, 0.6) is 0 Å². The van der Waals surface area contributed by atoms with Crippen molar-refractivity contribution < 1.29 is 4.79 Å². The Hall–Kier alpha value is -0.390. The number of amides is 1. The topological polar surface area (TPSA) is 32.3 Å². The molecule has 0 aromatic carbocycles. The molecule has 1 aromatic rings. The molecule has 2 fully saturated rings. The first-order valence-corrected chi connectivity index (χ1v) is 8.60. The van der Waals surface area contributed by atoms with Gasteiger partial charge in [-0.3, -0.25) is 4.79 Å². The number of carbonyl (C=O) groups excluding carboxylic acids is 1. The quantitative estimate of drug-likeness (QED) is 0.912. The molecule has 1 N–H and O–H groups in total. The fourth-order valence-electron chi connectivity index (χ4n) is 2.58. The predicted molar refractivity (Wildman–Crippen MR) is 81.2 cm³/mol. The maximum atomic E-state index is 12.0.